The van der Waals surface area contributed by atoms with E-state index in [0.717, 1.165) is 12.8 Å². The Hall–Kier alpha value is -0.0400. The molecule has 0 aromatic rings. The highest BCUT2D eigenvalue weighted by molar-refractivity contribution is 4.43. The molecule has 0 saturated heterocycles. The van der Waals surface area contributed by atoms with Crippen LogP contribution in [0, 0.1) is 0 Å². The molecule has 0 radical (unpaired) electrons. The predicted molar refractivity (Wildman–Crippen MR) is 61.0 cm³/mol. The molecule has 1 nitrogen and oxygen atoms in total. The average Bonchev–Trinajstić information content (AvgIpc) is 2.12. The lowest BCUT2D eigenvalue weighted by Gasteiger charge is -1.98. The molecule has 0 aliphatic carbocycles. The zero-order chi connectivity index (χ0) is 10.5. The lowest BCUT2D eigenvalue weighted by Crippen LogP contribution is -1.97. The minimum atomic E-state index is -0.0973. The molecule has 0 heterocycles. The summed E-state index contributed by atoms with van der Waals surface area (Å²) in [5.74, 6) is 0. The molecular weight excluding hydrogens is 160 g/mol. The van der Waals surface area contributed by atoms with Crippen molar-refractivity contribution in [2.75, 3.05) is 0 Å². The van der Waals surface area contributed by atoms with Crippen LogP contribution in [-0.2, 0) is 0 Å². The number of aliphatic hydroxyl groups is 1. The maximum atomic E-state index is 8.68. The lowest BCUT2D eigenvalue weighted by atomic mass is 10.2. The maximum absolute atomic E-state index is 8.68. The first kappa shape index (κ1) is 15.4. The van der Waals surface area contributed by atoms with Gasteiger partial charge in [0.15, 0.2) is 0 Å². The van der Waals surface area contributed by atoms with E-state index in [4.69, 9.17) is 5.11 Å². The minimum absolute atomic E-state index is 0.0973. The van der Waals surface area contributed by atoms with Gasteiger partial charge in [-0.05, 0) is 13.3 Å². The molecule has 1 heteroatoms. The van der Waals surface area contributed by atoms with Gasteiger partial charge in [0.2, 0.25) is 0 Å². The molecule has 0 spiro atoms. The van der Waals surface area contributed by atoms with Gasteiger partial charge in [-0.3, -0.25) is 0 Å². The van der Waals surface area contributed by atoms with Crippen molar-refractivity contribution < 1.29 is 5.11 Å². The molecule has 0 aliphatic heterocycles. The Bertz CT molecular complexity index is 65.5. The standard InChI is InChI=1S/C6H14O.C6H14/c1-3-4-5-6(2)7;1-3-5-6-4-2/h6-7H,3-5H2,1-2H3;3-6H2,1-2H3. The van der Waals surface area contributed by atoms with Crippen LogP contribution in [0.2, 0.25) is 0 Å². The molecule has 0 rings (SSSR count). The van der Waals surface area contributed by atoms with E-state index >= 15 is 0 Å². The molecule has 82 valence electrons. The minimum Gasteiger partial charge on any atom is -0.393 e. The van der Waals surface area contributed by atoms with E-state index in [2.05, 4.69) is 20.8 Å². The van der Waals surface area contributed by atoms with Crippen molar-refractivity contribution in [2.45, 2.75) is 78.7 Å². The Kier molecular flexibility index (Phi) is 17.2. The molecule has 0 aromatic carbocycles. The fraction of sp³-hybridized carbons (Fsp3) is 1.00. The Morgan fingerprint density at radius 3 is 1.38 bits per heavy atom. The number of aliphatic hydroxyl groups excluding tert-OH is 1. The van der Waals surface area contributed by atoms with Crippen molar-refractivity contribution in [1.82, 2.24) is 0 Å². The van der Waals surface area contributed by atoms with Gasteiger partial charge < -0.3 is 5.11 Å². The summed E-state index contributed by atoms with van der Waals surface area (Å²) in [4.78, 5) is 0. The van der Waals surface area contributed by atoms with E-state index in [1.807, 2.05) is 6.92 Å². The first-order valence-corrected chi connectivity index (χ1v) is 5.87. The second kappa shape index (κ2) is 14.5. The molecule has 0 saturated carbocycles. The third-order valence-corrected chi connectivity index (χ3v) is 1.93. The van der Waals surface area contributed by atoms with Crippen LogP contribution in [0.3, 0.4) is 0 Å². The largest absolute Gasteiger partial charge is 0.393 e. The van der Waals surface area contributed by atoms with Gasteiger partial charge in [0.1, 0.15) is 0 Å². The van der Waals surface area contributed by atoms with Crippen LogP contribution in [0.15, 0.2) is 0 Å². The summed E-state index contributed by atoms with van der Waals surface area (Å²) in [6.45, 7) is 8.42. The zero-order valence-corrected chi connectivity index (χ0v) is 9.97. The van der Waals surface area contributed by atoms with Crippen molar-refractivity contribution >= 4 is 0 Å². The number of unbranched alkanes of at least 4 members (excludes halogenated alkanes) is 4. The molecule has 1 N–H and O–H groups in total. The highest BCUT2D eigenvalue weighted by atomic mass is 16.3. The third-order valence-electron chi connectivity index (χ3n) is 1.93. The van der Waals surface area contributed by atoms with Crippen LogP contribution in [0.1, 0.15) is 72.6 Å². The molecule has 0 aliphatic rings. The second-order valence-electron chi connectivity index (χ2n) is 3.70. The number of hydrogen-bond donors (Lipinski definition) is 1. The molecule has 0 bridgehead atoms. The molecular formula is C12H28O. The first-order valence-electron chi connectivity index (χ1n) is 5.87. The Morgan fingerprint density at radius 1 is 0.846 bits per heavy atom. The van der Waals surface area contributed by atoms with Gasteiger partial charge in [0.05, 0.1) is 6.10 Å². The molecule has 13 heavy (non-hydrogen) atoms. The van der Waals surface area contributed by atoms with Crippen LogP contribution in [0.25, 0.3) is 0 Å². The summed E-state index contributed by atoms with van der Waals surface area (Å²) in [5, 5.41) is 8.68. The van der Waals surface area contributed by atoms with Gasteiger partial charge in [-0.25, -0.2) is 0 Å². The summed E-state index contributed by atoms with van der Waals surface area (Å²) in [7, 11) is 0. The van der Waals surface area contributed by atoms with Crippen molar-refractivity contribution in [2.24, 2.45) is 0 Å². The molecule has 0 amide bonds. The van der Waals surface area contributed by atoms with Gasteiger partial charge >= 0.3 is 0 Å². The highest BCUT2D eigenvalue weighted by Gasteiger charge is 1.90. The monoisotopic (exact) mass is 188 g/mol. The molecule has 0 fully saturated rings. The van der Waals surface area contributed by atoms with E-state index in [1.165, 1.54) is 32.1 Å². The van der Waals surface area contributed by atoms with Crippen LogP contribution in [0.4, 0.5) is 0 Å². The van der Waals surface area contributed by atoms with Crippen LogP contribution < -0.4 is 0 Å². The summed E-state index contributed by atoms with van der Waals surface area (Å²) >= 11 is 0. The zero-order valence-electron chi connectivity index (χ0n) is 9.97. The quantitative estimate of drug-likeness (QED) is 0.621. The van der Waals surface area contributed by atoms with Gasteiger partial charge in [-0.1, -0.05) is 59.3 Å². The van der Waals surface area contributed by atoms with E-state index in [-0.39, 0.29) is 6.10 Å². The van der Waals surface area contributed by atoms with E-state index < -0.39 is 0 Å². The van der Waals surface area contributed by atoms with Crippen LogP contribution in [0.5, 0.6) is 0 Å². The topological polar surface area (TPSA) is 20.2 Å². The molecule has 1 unspecified atom stereocenters. The summed E-state index contributed by atoms with van der Waals surface area (Å²) in [5.41, 5.74) is 0. The fourth-order valence-corrected chi connectivity index (χ4v) is 1.000. The van der Waals surface area contributed by atoms with Gasteiger partial charge in [-0.15, -0.1) is 0 Å². The third kappa shape index (κ3) is 24.5. The summed E-state index contributed by atoms with van der Waals surface area (Å²) in [6, 6.07) is 0. The maximum Gasteiger partial charge on any atom is 0.0512 e. The number of rotatable bonds is 6. The summed E-state index contributed by atoms with van der Waals surface area (Å²) in [6.07, 6.45) is 8.73. The Morgan fingerprint density at radius 2 is 1.23 bits per heavy atom. The summed E-state index contributed by atoms with van der Waals surface area (Å²) < 4.78 is 0. The fourth-order valence-electron chi connectivity index (χ4n) is 1.000. The average molecular weight is 188 g/mol. The lowest BCUT2D eigenvalue weighted by molar-refractivity contribution is 0.181. The normalized spacial score (nSPS) is 11.8. The van der Waals surface area contributed by atoms with E-state index in [1.54, 1.807) is 0 Å². The smallest absolute Gasteiger partial charge is 0.0512 e. The van der Waals surface area contributed by atoms with Crippen LogP contribution in [-0.4, -0.2) is 11.2 Å². The predicted octanol–water partition coefficient (Wildman–Crippen LogP) is 4.14. The molecule has 0 aromatic heterocycles. The Balaban J connectivity index is 0. The van der Waals surface area contributed by atoms with E-state index in [9.17, 15) is 0 Å². The second-order valence-corrected chi connectivity index (χ2v) is 3.70. The molecule has 1 atom stereocenters. The van der Waals surface area contributed by atoms with Gasteiger partial charge in [0, 0.05) is 0 Å². The van der Waals surface area contributed by atoms with Crippen molar-refractivity contribution in [3.8, 4) is 0 Å². The van der Waals surface area contributed by atoms with Crippen LogP contribution >= 0.6 is 0 Å². The number of hydrogen-bond acceptors (Lipinski definition) is 1. The van der Waals surface area contributed by atoms with Gasteiger partial charge in [-0.2, -0.15) is 0 Å². The van der Waals surface area contributed by atoms with Crippen molar-refractivity contribution in [3.05, 3.63) is 0 Å². The van der Waals surface area contributed by atoms with Crippen molar-refractivity contribution in [3.63, 3.8) is 0 Å². The first-order chi connectivity index (χ1) is 6.18. The van der Waals surface area contributed by atoms with Gasteiger partial charge in [0.25, 0.3) is 0 Å². The Labute approximate surface area is 84.6 Å². The van der Waals surface area contributed by atoms with Crippen molar-refractivity contribution in [1.29, 1.82) is 0 Å². The SMILES string of the molecule is CCCCC(C)O.CCCCCC. The van der Waals surface area contributed by atoms with E-state index in [0.29, 0.717) is 0 Å². The highest BCUT2D eigenvalue weighted by Crippen LogP contribution is 1.97.